The van der Waals surface area contributed by atoms with Crippen molar-refractivity contribution in [1.82, 2.24) is 0 Å². The highest BCUT2D eigenvalue weighted by atomic mass is 79.9. The first kappa shape index (κ1) is 15.1. The van der Waals surface area contributed by atoms with E-state index in [0.29, 0.717) is 5.75 Å². The number of anilines is 1. The minimum Gasteiger partial charge on any atom is -0.483 e. The number of benzene rings is 2. The molecule has 20 heavy (non-hydrogen) atoms. The van der Waals surface area contributed by atoms with Gasteiger partial charge >= 0.3 is 0 Å². The van der Waals surface area contributed by atoms with Gasteiger partial charge in [0.05, 0.1) is 5.69 Å². The molecular weight excluding hydrogens is 386 g/mol. The van der Waals surface area contributed by atoms with E-state index in [1.807, 2.05) is 49.4 Å². The number of rotatable bonds is 4. The summed E-state index contributed by atoms with van der Waals surface area (Å²) in [5.74, 6) is 0.498. The Balaban J connectivity index is 1.96. The van der Waals surface area contributed by atoms with Gasteiger partial charge in [0, 0.05) is 8.95 Å². The summed E-state index contributed by atoms with van der Waals surface area (Å²) < 4.78 is 7.29. The van der Waals surface area contributed by atoms with Crippen LogP contribution in [0.2, 0.25) is 0 Å². The maximum atomic E-state index is 11.9. The summed E-state index contributed by atoms with van der Waals surface area (Å²) in [7, 11) is 0. The van der Waals surface area contributed by atoms with E-state index >= 15 is 0 Å². The molecule has 0 radical (unpaired) electrons. The Morgan fingerprint density at radius 1 is 1.20 bits per heavy atom. The smallest absolute Gasteiger partial charge is 0.262 e. The third kappa shape index (κ3) is 4.08. The maximum absolute atomic E-state index is 11.9. The molecule has 0 saturated carbocycles. The maximum Gasteiger partial charge on any atom is 0.262 e. The lowest BCUT2D eigenvalue weighted by Gasteiger charge is -2.10. The summed E-state index contributed by atoms with van der Waals surface area (Å²) >= 11 is 6.76. The molecule has 2 aromatic carbocycles. The fourth-order valence-corrected chi connectivity index (χ4v) is 2.35. The molecule has 0 spiro atoms. The first-order valence-corrected chi connectivity index (χ1v) is 7.58. The SMILES string of the molecule is Cc1ccc(Br)cc1OCC(=O)Nc1ccccc1Br. The Morgan fingerprint density at radius 3 is 2.70 bits per heavy atom. The molecule has 0 saturated heterocycles. The van der Waals surface area contributed by atoms with E-state index in [-0.39, 0.29) is 12.5 Å². The lowest BCUT2D eigenvalue weighted by atomic mass is 10.2. The number of hydrogen-bond donors (Lipinski definition) is 1. The van der Waals surface area contributed by atoms with Crippen LogP contribution < -0.4 is 10.1 Å². The van der Waals surface area contributed by atoms with Crippen LogP contribution in [0.5, 0.6) is 5.75 Å². The van der Waals surface area contributed by atoms with E-state index < -0.39 is 0 Å². The highest BCUT2D eigenvalue weighted by molar-refractivity contribution is 9.10. The number of ether oxygens (including phenoxy) is 1. The summed E-state index contributed by atoms with van der Waals surface area (Å²) in [6.07, 6.45) is 0. The zero-order valence-electron chi connectivity index (χ0n) is 10.8. The molecule has 0 fully saturated rings. The highest BCUT2D eigenvalue weighted by Gasteiger charge is 2.07. The molecule has 0 aliphatic heterocycles. The van der Waals surface area contributed by atoms with Crippen LogP contribution in [-0.4, -0.2) is 12.5 Å². The molecular formula is C15H13Br2NO2. The Bertz CT molecular complexity index is 629. The zero-order chi connectivity index (χ0) is 14.5. The van der Waals surface area contributed by atoms with E-state index in [9.17, 15) is 4.79 Å². The van der Waals surface area contributed by atoms with E-state index in [1.165, 1.54) is 0 Å². The molecule has 0 unspecified atom stereocenters. The van der Waals surface area contributed by atoms with Crippen molar-refractivity contribution < 1.29 is 9.53 Å². The number of para-hydroxylation sites is 1. The van der Waals surface area contributed by atoms with Crippen LogP contribution >= 0.6 is 31.9 Å². The second kappa shape index (κ2) is 6.90. The first-order valence-electron chi connectivity index (χ1n) is 5.99. The Morgan fingerprint density at radius 2 is 1.95 bits per heavy atom. The number of halogens is 2. The first-order chi connectivity index (χ1) is 9.56. The molecule has 0 heterocycles. The molecule has 3 nitrogen and oxygen atoms in total. The molecule has 0 bridgehead atoms. The predicted molar refractivity (Wildman–Crippen MR) is 87.1 cm³/mol. The van der Waals surface area contributed by atoms with Crippen LogP contribution in [-0.2, 0) is 4.79 Å². The standard InChI is InChI=1S/C15H13Br2NO2/c1-10-6-7-11(16)8-14(10)20-9-15(19)18-13-5-3-2-4-12(13)17/h2-8H,9H2,1H3,(H,18,19). The number of nitrogens with one attached hydrogen (secondary N) is 1. The molecule has 1 amide bonds. The monoisotopic (exact) mass is 397 g/mol. The molecule has 0 atom stereocenters. The average Bonchev–Trinajstić information content (AvgIpc) is 2.42. The molecule has 2 rings (SSSR count). The zero-order valence-corrected chi connectivity index (χ0v) is 14.0. The van der Waals surface area contributed by atoms with Gasteiger partial charge in [0.15, 0.2) is 6.61 Å². The van der Waals surface area contributed by atoms with Crippen molar-refractivity contribution in [3.63, 3.8) is 0 Å². The average molecular weight is 399 g/mol. The lowest BCUT2D eigenvalue weighted by molar-refractivity contribution is -0.118. The van der Waals surface area contributed by atoms with Crippen molar-refractivity contribution >= 4 is 43.5 Å². The molecule has 0 aliphatic carbocycles. The molecule has 1 N–H and O–H groups in total. The molecule has 5 heteroatoms. The summed E-state index contributed by atoms with van der Waals surface area (Å²) in [6, 6.07) is 13.2. The Hall–Kier alpha value is -1.33. The summed E-state index contributed by atoms with van der Waals surface area (Å²) in [5, 5.41) is 2.79. The van der Waals surface area contributed by atoms with Crippen molar-refractivity contribution in [1.29, 1.82) is 0 Å². The van der Waals surface area contributed by atoms with Crippen LogP contribution in [0.3, 0.4) is 0 Å². The van der Waals surface area contributed by atoms with Crippen LogP contribution in [0.1, 0.15) is 5.56 Å². The third-order valence-corrected chi connectivity index (χ3v) is 3.84. The summed E-state index contributed by atoms with van der Waals surface area (Å²) in [5.41, 5.74) is 1.72. The van der Waals surface area contributed by atoms with E-state index in [4.69, 9.17) is 4.74 Å². The topological polar surface area (TPSA) is 38.3 Å². The molecule has 0 aliphatic rings. The number of hydrogen-bond acceptors (Lipinski definition) is 2. The highest BCUT2D eigenvalue weighted by Crippen LogP contribution is 2.23. The van der Waals surface area contributed by atoms with Gasteiger partial charge in [0.2, 0.25) is 0 Å². The van der Waals surface area contributed by atoms with Crippen LogP contribution in [0.25, 0.3) is 0 Å². The number of carbonyl (C=O) groups is 1. The minimum absolute atomic E-state index is 0.0291. The summed E-state index contributed by atoms with van der Waals surface area (Å²) in [6.45, 7) is 1.91. The van der Waals surface area contributed by atoms with Crippen molar-refractivity contribution in [3.8, 4) is 5.75 Å². The molecule has 0 aromatic heterocycles. The van der Waals surface area contributed by atoms with Gasteiger partial charge in [-0.1, -0.05) is 34.1 Å². The van der Waals surface area contributed by atoms with Gasteiger partial charge in [-0.3, -0.25) is 4.79 Å². The van der Waals surface area contributed by atoms with E-state index in [0.717, 1.165) is 20.2 Å². The summed E-state index contributed by atoms with van der Waals surface area (Å²) in [4.78, 5) is 11.9. The second-order valence-electron chi connectivity index (χ2n) is 4.23. The minimum atomic E-state index is -0.198. The van der Waals surface area contributed by atoms with Crippen molar-refractivity contribution in [2.24, 2.45) is 0 Å². The van der Waals surface area contributed by atoms with Gasteiger partial charge in [-0.25, -0.2) is 0 Å². The molecule has 104 valence electrons. The Kier molecular flexibility index (Phi) is 5.20. The van der Waals surface area contributed by atoms with Gasteiger partial charge in [-0.05, 0) is 52.7 Å². The van der Waals surface area contributed by atoms with Crippen molar-refractivity contribution in [2.45, 2.75) is 6.92 Å². The van der Waals surface area contributed by atoms with Crippen LogP contribution in [0.4, 0.5) is 5.69 Å². The largest absolute Gasteiger partial charge is 0.483 e. The fourth-order valence-electron chi connectivity index (χ4n) is 1.62. The second-order valence-corrected chi connectivity index (χ2v) is 6.00. The normalized spacial score (nSPS) is 10.2. The van der Waals surface area contributed by atoms with Gasteiger partial charge in [-0.15, -0.1) is 0 Å². The van der Waals surface area contributed by atoms with E-state index in [1.54, 1.807) is 0 Å². The van der Waals surface area contributed by atoms with Crippen LogP contribution in [0, 0.1) is 6.92 Å². The number of carbonyl (C=O) groups excluding carboxylic acids is 1. The van der Waals surface area contributed by atoms with E-state index in [2.05, 4.69) is 37.2 Å². The van der Waals surface area contributed by atoms with Gasteiger partial charge in [0.25, 0.3) is 5.91 Å². The van der Waals surface area contributed by atoms with Gasteiger partial charge < -0.3 is 10.1 Å². The third-order valence-electron chi connectivity index (χ3n) is 2.66. The van der Waals surface area contributed by atoms with Crippen LogP contribution in [0.15, 0.2) is 51.4 Å². The van der Waals surface area contributed by atoms with Gasteiger partial charge in [-0.2, -0.15) is 0 Å². The quantitative estimate of drug-likeness (QED) is 0.821. The number of amides is 1. The Labute approximate surface area is 134 Å². The lowest BCUT2D eigenvalue weighted by Crippen LogP contribution is -2.20. The predicted octanol–water partition coefficient (Wildman–Crippen LogP) is 4.54. The fraction of sp³-hybridized carbons (Fsp3) is 0.133. The number of aryl methyl sites for hydroxylation is 1. The van der Waals surface area contributed by atoms with Crippen molar-refractivity contribution in [3.05, 3.63) is 57.0 Å². The van der Waals surface area contributed by atoms with Crippen molar-refractivity contribution in [2.75, 3.05) is 11.9 Å². The van der Waals surface area contributed by atoms with Gasteiger partial charge in [0.1, 0.15) is 5.75 Å². The molecule has 2 aromatic rings.